The number of nitriles is 1. The van der Waals surface area contributed by atoms with E-state index in [-0.39, 0.29) is 5.70 Å². The first kappa shape index (κ1) is 13.7. The molecule has 5 N–H and O–H groups in total. The maximum atomic E-state index is 8.95. The van der Waals surface area contributed by atoms with Crippen molar-refractivity contribution >= 4 is 5.70 Å². The molecule has 0 unspecified atom stereocenters. The number of nitrogens with two attached hydrogens (primary N) is 2. The number of hydrogen-bond donors (Lipinski definition) is 3. The average molecular weight is 264 g/mol. The maximum Gasteiger partial charge on any atom is 0.151 e. The summed E-state index contributed by atoms with van der Waals surface area (Å²) in [6, 6.07) is 17.9. The minimum atomic E-state index is 0.159. The van der Waals surface area contributed by atoms with Crippen molar-refractivity contribution in [3.63, 3.8) is 0 Å². The first-order chi connectivity index (χ1) is 9.65. The average Bonchev–Trinajstić information content (AvgIpc) is 2.48. The van der Waals surface area contributed by atoms with Gasteiger partial charge in [-0.2, -0.15) is 5.26 Å². The molecule has 0 aliphatic rings. The molecule has 0 aliphatic heterocycles. The molecule has 4 heteroatoms. The molecule has 0 aromatic heterocycles. The fourth-order valence-corrected chi connectivity index (χ4v) is 2.01. The fraction of sp³-hybridized carbons (Fsp3) is 0.0625. The summed E-state index contributed by atoms with van der Waals surface area (Å²) >= 11 is 0. The summed E-state index contributed by atoms with van der Waals surface area (Å²) < 4.78 is 0. The van der Waals surface area contributed by atoms with E-state index in [1.165, 1.54) is 5.56 Å². The van der Waals surface area contributed by atoms with Crippen LogP contribution < -0.4 is 17.0 Å². The van der Waals surface area contributed by atoms with Crippen molar-refractivity contribution in [3.05, 3.63) is 65.4 Å². The zero-order valence-electron chi connectivity index (χ0n) is 11.2. The number of allylic oxidation sites excluding steroid dienone is 1. The van der Waals surface area contributed by atoms with Gasteiger partial charge < -0.3 is 11.2 Å². The quantitative estimate of drug-likeness (QED) is 0.451. The molecule has 0 fully saturated rings. The van der Waals surface area contributed by atoms with Gasteiger partial charge in [0.05, 0.1) is 5.70 Å². The molecule has 0 saturated heterocycles. The van der Waals surface area contributed by atoms with E-state index >= 15 is 0 Å². The summed E-state index contributed by atoms with van der Waals surface area (Å²) in [5, 5.41) is 8.95. The zero-order valence-corrected chi connectivity index (χ0v) is 11.2. The van der Waals surface area contributed by atoms with Gasteiger partial charge in [-0.25, -0.2) is 5.84 Å². The van der Waals surface area contributed by atoms with E-state index in [4.69, 9.17) is 16.8 Å². The number of hydrazine groups is 1. The summed E-state index contributed by atoms with van der Waals surface area (Å²) in [5.41, 5.74) is 12.9. The number of benzene rings is 2. The Labute approximate surface area is 118 Å². The summed E-state index contributed by atoms with van der Waals surface area (Å²) in [5.74, 6) is 5.28. The van der Waals surface area contributed by atoms with Gasteiger partial charge >= 0.3 is 0 Å². The molecule has 0 bridgehead atoms. The summed E-state index contributed by atoms with van der Waals surface area (Å²) in [6.07, 6.45) is 0. The molecule has 20 heavy (non-hydrogen) atoms. The van der Waals surface area contributed by atoms with E-state index in [0.29, 0.717) is 5.70 Å². The van der Waals surface area contributed by atoms with Gasteiger partial charge in [0.1, 0.15) is 6.07 Å². The van der Waals surface area contributed by atoms with E-state index in [1.807, 2.05) is 55.5 Å². The second-order valence-electron chi connectivity index (χ2n) is 4.50. The molecular formula is C16H16N4. The van der Waals surface area contributed by atoms with Crippen LogP contribution in [0.2, 0.25) is 0 Å². The standard InChI is InChI=1S/C16H16N4/c1-11-4-2-5-12(8-11)13-6-3-7-14(9-13)16(18)15(10-17)20-19/h2-9,20H,18-19H2,1H3/b16-15-. The molecule has 0 saturated carbocycles. The highest BCUT2D eigenvalue weighted by molar-refractivity contribution is 5.74. The second kappa shape index (κ2) is 5.91. The monoisotopic (exact) mass is 264 g/mol. The largest absolute Gasteiger partial charge is 0.396 e. The van der Waals surface area contributed by atoms with E-state index < -0.39 is 0 Å². The predicted octanol–water partition coefficient (Wildman–Crippen LogP) is 2.28. The van der Waals surface area contributed by atoms with Crippen molar-refractivity contribution in [1.82, 2.24) is 5.43 Å². The van der Waals surface area contributed by atoms with Gasteiger partial charge in [-0.1, -0.05) is 48.0 Å². The third-order valence-electron chi connectivity index (χ3n) is 3.05. The highest BCUT2D eigenvalue weighted by Gasteiger charge is 2.06. The van der Waals surface area contributed by atoms with E-state index in [9.17, 15) is 0 Å². The molecular weight excluding hydrogens is 248 g/mol. The fourth-order valence-electron chi connectivity index (χ4n) is 2.01. The Morgan fingerprint density at radius 3 is 2.35 bits per heavy atom. The third kappa shape index (κ3) is 2.79. The topological polar surface area (TPSA) is 87.9 Å². The highest BCUT2D eigenvalue weighted by atomic mass is 15.2. The van der Waals surface area contributed by atoms with Gasteiger partial charge in [-0.3, -0.25) is 0 Å². The van der Waals surface area contributed by atoms with Crippen LogP contribution in [0.4, 0.5) is 0 Å². The lowest BCUT2D eigenvalue weighted by Gasteiger charge is -2.08. The molecule has 0 spiro atoms. The Bertz CT molecular complexity index is 696. The highest BCUT2D eigenvalue weighted by Crippen LogP contribution is 2.23. The van der Waals surface area contributed by atoms with Crippen molar-refractivity contribution < 1.29 is 0 Å². The van der Waals surface area contributed by atoms with Crippen LogP contribution in [-0.4, -0.2) is 0 Å². The summed E-state index contributed by atoms with van der Waals surface area (Å²) in [6.45, 7) is 2.05. The smallest absolute Gasteiger partial charge is 0.151 e. The minimum absolute atomic E-state index is 0.159. The van der Waals surface area contributed by atoms with Crippen LogP contribution in [-0.2, 0) is 0 Å². The molecule has 0 aliphatic carbocycles. The maximum absolute atomic E-state index is 8.95. The molecule has 100 valence electrons. The van der Waals surface area contributed by atoms with Crippen LogP contribution in [0.1, 0.15) is 11.1 Å². The molecule has 4 nitrogen and oxygen atoms in total. The Kier molecular flexibility index (Phi) is 4.04. The van der Waals surface area contributed by atoms with Gasteiger partial charge in [0.2, 0.25) is 0 Å². The number of aryl methyl sites for hydroxylation is 1. The van der Waals surface area contributed by atoms with Gasteiger partial charge in [0.15, 0.2) is 5.70 Å². The Hall–Kier alpha value is -2.77. The first-order valence-electron chi connectivity index (χ1n) is 6.19. The van der Waals surface area contributed by atoms with Crippen molar-refractivity contribution in [2.24, 2.45) is 11.6 Å². The second-order valence-corrected chi connectivity index (χ2v) is 4.50. The van der Waals surface area contributed by atoms with Crippen LogP contribution >= 0.6 is 0 Å². The van der Waals surface area contributed by atoms with Crippen molar-refractivity contribution in [2.45, 2.75) is 6.92 Å². The van der Waals surface area contributed by atoms with Crippen LogP contribution in [0.3, 0.4) is 0 Å². The molecule has 0 amide bonds. The van der Waals surface area contributed by atoms with E-state index in [2.05, 4.69) is 11.5 Å². The minimum Gasteiger partial charge on any atom is -0.396 e. The molecule has 0 radical (unpaired) electrons. The first-order valence-corrected chi connectivity index (χ1v) is 6.19. The van der Waals surface area contributed by atoms with E-state index in [0.717, 1.165) is 16.7 Å². The van der Waals surface area contributed by atoms with Crippen LogP contribution in [0, 0.1) is 18.3 Å². The summed E-state index contributed by atoms with van der Waals surface area (Å²) in [4.78, 5) is 0. The van der Waals surface area contributed by atoms with Gasteiger partial charge in [0.25, 0.3) is 0 Å². The number of rotatable bonds is 3. The lowest BCUT2D eigenvalue weighted by molar-refractivity contribution is 0.920. The zero-order chi connectivity index (χ0) is 14.5. The lowest BCUT2D eigenvalue weighted by atomic mass is 10.00. The van der Waals surface area contributed by atoms with Crippen molar-refractivity contribution in [1.29, 1.82) is 5.26 Å². The van der Waals surface area contributed by atoms with Crippen LogP contribution in [0.5, 0.6) is 0 Å². The Balaban J connectivity index is 2.49. The molecule has 2 aromatic rings. The van der Waals surface area contributed by atoms with Gasteiger partial charge in [0, 0.05) is 5.56 Å². The number of nitrogens with zero attached hydrogens (tertiary/aromatic N) is 1. The predicted molar refractivity (Wildman–Crippen MR) is 80.7 cm³/mol. The van der Waals surface area contributed by atoms with E-state index in [1.54, 1.807) is 0 Å². The molecule has 2 aromatic carbocycles. The van der Waals surface area contributed by atoms with Crippen LogP contribution in [0.25, 0.3) is 16.8 Å². The number of hydrogen-bond acceptors (Lipinski definition) is 4. The van der Waals surface area contributed by atoms with Crippen LogP contribution in [0.15, 0.2) is 54.2 Å². The number of nitrogens with one attached hydrogen (secondary N) is 1. The normalized spacial score (nSPS) is 11.4. The van der Waals surface area contributed by atoms with Crippen molar-refractivity contribution in [3.8, 4) is 17.2 Å². The Morgan fingerprint density at radius 1 is 1.10 bits per heavy atom. The third-order valence-corrected chi connectivity index (χ3v) is 3.05. The SMILES string of the molecule is Cc1cccc(-c2cccc(/C(N)=C(\C#N)NN)c2)c1. The Morgan fingerprint density at radius 2 is 1.75 bits per heavy atom. The van der Waals surface area contributed by atoms with Crippen molar-refractivity contribution in [2.75, 3.05) is 0 Å². The molecule has 0 heterocycles. The lowest BCUT2D eigenvalue weighted by Crippen LogP contribution is -2.23. The molecule has 2 rings (SSSR count). The summed E-state index contributed by atoms with van der Waals surface area (Å²) in [7, 11) is 0. The van der Waals surface area contributed by atoms with Gasteiger partial charge in [-0.05, 0) is 24.1 Å². The molecule has 0 atom stereocenters. The van der Waals surface area contributed by atoms with Gasteiger partial charge in [-0.15, -0.1) is 0 Å².